The molecule has 1 aromatic carbocycles. The number of ketones is 1. The number of amides is 1. The van der Waals surface area contributed by atoms with Gasteiger partial charge in [-0.05, 0) is 19.1 Å². The molecule has 1 amide bonds. The van der Waals surface area contributed by atoms with Gasteiger partial charge in [0.05, 0.1) is 17.9 Å². The van der Waals surface area contributed by atoms with Gasteiger partial charge in [0.25, 0.3) is 0 Å². The van der Waals surface area contributed by atoms with Crippen molar-refractivity contribution in [3.05, 3.63) is 51.7 Å². The van der Waals surface area contributed by atoms with E-state index in [0.717, 1.165) is 22.1 Å². The number of para-hydroxylation sites is 2. The van der Waals surface area contributed by atoms with Crippen LogP contribution in [-0.2, 0) is 16.1 Å². The van der Waals surface area contributed by atoms with Crippen molar-refractivity contribution in [3.63, 3.8) is 0 Å². The summed E-state index contributed by atoms with van der Waals surface area (Å²) in [5.74, 6) is -0.0449. The lowest BCUT2D eigenvalue weighted by molar-refractivity contribution is -0.124. The van der Waals surface area contributed by atoms with E-state index in [2.05, 4.69) is 10.3 Å². The lowest BCUT2D eigenvalue weighted by Crippen LogP contribution is -2.27. The van der Waals surface area contributed by atoms with Crippen molar-refractivity contribution in [2.24, 2.45) is 0 Å². The first-order chi connectivity index (χ1) is 13.4. The molecule has 3 rings (SSSR count). The highest BCUT2D eigenvalue weighted by molar-refractivity contribution is 7.09. The van der Waals surface area contributed by atoms with Gasteiger partial charge in [-0.1, -0.05) is 12.1 Å². The summed E-state index contributed by atoms with van der Waals surface area (Å²) in [7, 11) is 3.65. The number of fused-ring (bicyclic) bond motifs is 1. The largest absolute Gasteiger partial charge is 0.350 e. The Hall–Kier alpha value is -3.18. The van der Waals surface area contributed by atoms with Crippen LogP contribution >= 0.6 is 11.3 Å². The Morgan fingerprint density at radius 2 is 1.82 bits per heavy atom. The number of nitrogens with one attached hydrogen (secondary N) is 1. The van der Waals surface area contributed by atoms with Crippen LogP contribution in [-0.4, -0.2) is 30.8 Å². The number of anilines is 2. The number of rotatable bonds is 6. The molecule has 0 saturated heterocycles. The zero-order valence-corrected chi connectivity index (χ0v) is 16.8. The number of hydrogen-bond acceptors (Lipinski definition) is 7. The third kappa shape index (κ3) is 3.89. The number of nitrogens with zero attached hydrogens (tertiary/aromatic N) is 4. The average Bonchev–Trinajstić information content (AvgIpc) is 3.22. The average molecular weight is 395 g/mol. The van der Waals surface area contributed by atoms with Gasteiger partial charge >= 0.3 is 0 Å². The lowest BCUT2D eigenvalue weighted by atomic mass is 10.1. The maximum absolute atomic E-state index is 12.7. The summed E-state index contributed by atoms with van der Waals surface area (Å²) in [5.41, 5.74) is 2.83. The van der Waals surface area contributed by atoms with E-state index in [1.807, 2.05) is 66.5 Å². The number of carbonyl (C=O) groups is 2. The second-order valence-corrected chi connectivity index (χ2v) is 7.44. The number of thiazole rings is 1. The molecule has 2 aromatic rings. The van der Waals surface area contributed by atoms with Gasteiger partial charge in [-0.3, -0.25) is 9.59 Å². The number of Topliss-reactive ketones (excluding diaryl/α,β-unsaturated/α-hetero) is 1. The lowest BCUT2D eigenvalue weighted by Gasteiger charge is -2.19. The van der Waals surface area contributed by atoms with Gasteiger partial charge in [0.2, 0.25) is 5.91 Å². The van der Waals surface area contributed by atoms with E-state index in [1.54, 1.807) is 0 Å². The van der Waals surface area contributed by atoms with E-state index in [0.29, 0.717) is 12.4 Å². The van der Waals surface area contributed by atoms with E-state index in [1.165, 1.54) is 11.3 Å². The van der Waals surface area contributed by atoms with Gasteiger partial charge in [0, 0.05) is 38.0 Å². The molecule has 0 fully saturated rings. The van der Waals surface area contributed by atoms with Crippen LogP contribution in [0.3, 0.4) is 0 Å². The summed E-state index contributed by atoms with van der Waals surface area (Å²) in [4.78, 5) is 32.7. The molecule has 1 aliphatic heterocycles. The quantitative estimate of drug-likeness (QED) is 0.598. The molecule has 2 heterocycles. The maximum atomic E-state index is 12.7. The summed E-state index contributed by atoms with van der Waals surface area (Å²) >= 11 is 1.48. The Labute approximate surface area is 167 Å². The zero-order valence-electron chi connectivity index (χ0n) is 16.0. The van der Waals surface area contributed by atoms with Crippen molar-refractivity contribution in [1.29, 1.82) is 5.26 Å². The molecule has 0 aliphatic carbocycles. The maximum Gasteiger partial charge on any atom is 0.220 e. The van der Waals surface area contributed by atoms with E-state index >= 15 is 0 Å². The van der Waals surface area contributed by atoms with E-state index in [4.69, 9.17) is 0 Å². The number of aromatic nitrogens is 1. The molecule has 0 radical (unpaired) electrons. The van der Waals surface area contributed by atoms with Crippen LogP contribution in [0.15, 0.2) is 41.0 Å². The minimum absolute atomic E-state index is 0.0207. The molecule has 0 bridgehead atoms. The molecule has 28 heavy (non-hydrogen) atoms. The van der Waals surface area contributed by atoms with Gasteiger partial charge in [-0.25, -0.2) is 4.98 Å². The van der Waals surface area contributed by atoms with Crippen LogP contribution in [0.4, 0.5) is 11.4 Å². The smallest absolute Gasteiger partial charge is 0.220 e. The minimum Gasteiger partial charge on any atom is -0.350 e. The third-order valence-corrected chi connectivity index (χ3v) is 5.50. The van der Waals surface area contributed by atoms with Crippen LogP contribution in [0.5, 0.6) is 0 Å². The number of allylic oxidation sites excluding steroid dienone is 1. The molecular weight excluding hydrogens is 374 g/mol. The highest BCUT2D eigenvalue weighted by Gasteiger charge is 2.31. The second kappa shape index (κ2) is 8.23. The van der Waals surface area contributed by atoms with Crippen molar-refractivity contribution >= 4 is 34.4 Å². The van der Waals surface area contributed by atoms with Gasteiger partial charge in [-0.2, -0.15) is 5.26 Å². The van der Waals surface area contributed by atoms with Crippen molar-refractivity contribution in [3.8, 4) is 6.07 Å². The molecule has 144 valence electrons. The van der Waals surface area contributed by atoms with Crippen molar-refractivity contribution in [2.45, 2.75) is 26.3 Å². The first-order valence-corrected chi connectivity index (χ1v) is 9.72. The van der Waals surface area contributed by atoms with Gasteiger partial charge in [0.15, 0.2) is 5.78 Å². The molecule has 1 N–H and O–H groups in total. The Balaban J connectivity index is 1.65. The molecule has 1 aromatic heterocycles. The number of aryl methyl sites for hydroxylation is 1. The Kier molecular flexibility index (Phi) is 5.76. The van der Waals surface area contributed by atoms with Crippen LogP contribution in [0.2, 0.25) is 0 Å². The monoisotopic (exact) mass is 395 g/mol. The number of hydrogen-bond donors (Lipinski definition) is 1. The zero-order chi connectivity index (χ0) is 20.3. The predicted molar refractivity (Wildman–Crippen MR) is 109 cm³/mol. The number of carbonyl (C=O) groups excluding carboxylic acids is 2. The summed E-state index contributed by atoms with van der Waals surface area (Å²) in [6, 6.07) is 9.73. The van der Waals surface area contributed by atoms with E-state index in [-0.39, 0.29) is 30.1 Å². The summed E-state index contributed by atoms with van der Waals surface area (Å²) in [5, 5.41) is 15.1. The molecule has 0 atom stereocenters. The standard InChI is InChI=1S/C20H21N5O2S/c1-13-12-28-19(23-13)11-22-18(27)9-8-17(26)14(10-21)20-24(2)15-6-4-5-7-16(15)25(20)3/h4-7,12H,8-9,11H2,1-3H3,(H,22,27). The van der Waals surface area contributed by atoms with Gasteiger partial charge in [-0.15, -0.1) is 11.3 Å². The van der Waals surface area contributed by atoms with Crippen LogP contribution in [0.25, 0.3) is 0 Å². The Bertz CT molecular complexity index is 957. The molecule has 1 aliphatic rings. The summed E-state index contributed by atoms with van der Waals surface area (Å²) < 4.78 is 0. The fourth-order valence-electron chi connectivity index (χ4n) is 3.16. The Morgan fingerprint density at radius 1 is 1.18 bits per heavy atom. The highest BCUT2D eigenvalue weighted by Crippen LogP contribution is 2.40. The van der Waals surface area contributed by atoms with Crippen LogP contribution in [0, 0.1) is 18.3 Å². The third-order valence-electron chi connectivity index (χ3n) is 4.54. The Morgan fingerprint density at radius 3 is 2.36 bits per heavy atom. The number of nitriles is 1. The van der Waals surface area contributed by atoms with E-state index < -0.39 is 0 Å². The SMILES string of the molecule is Cc1csc(CNC(=O)CCC(=O)C(C#N)=C2N(C)c3ccccc3N2C)n1. The van der Waals surface area contributed by atoms with Crippen LogP contribution in [0.1, 0.15) is 23.5 Å². The molecule has 0 saturated carbocycles. The topological polar surface area (TPSA) is 89.3 Å². The summed E-state index contributed by atoms with van der Waals surface area (Å²) in [6.45, 7) is 2.24. The van der Waals surface area contributed by atoms with Crippen LogP contribution < -0.4 is 15.1 Å². The normalized spacial score (nSPS) is 12.6. The predicted octanol–water partition coefficient (Wildman–Crippen LogP) is 2.74. The molecule has 8 heteroatoms. The minimum atomic E-state index is -0.343. The first-order valence-electron chi connectivity index (χ1n) is 8.84. The van der Waals surface area contributed by atoms with Crippen molar-refractivity contribution in [1.82, 2.24) is 10.3 Å². The molecule has 7 nitrogen and oxygen atoms in total. The van der Waals surface area contributed by atoms with Gasteiger partial charge in [0.1, 0.15) is 22.5 Å². The first kappa shape index (κ1) is 19.6. The fraction of sp³-hybridized carbons (Fsp3) is 0.300. The highest BCUT2D eigenvalue weighted by atomic mass is 32.1. The molecular formula is C20H21N5O2S. The second-order valence-electron chi connectivity index (χ2n) is 6.50. The van der Waals surface area contributed by atoms with Crippen molar-refractivity contribution in [2.75, 3.05) is 23.9 Å². The number of benzene rings is 1. The van der Waals surface area contributed by atoms with Gasteiger partial charge < -0.3 is 15.1 Å². The summed E-state index contributed by atoms with van der Waals surface area (Å²) in [6.07, 6.45) is 0.00910. The van der Waals surface area contributed by atoms with Crippen molar-refractivity contribution < 1.29 is 9.59 Å². The molecule has 0 unspecified atom stereocenters. The van der Waals surface area contributed by atoms with E-state index in [9.17, 15) is 14.9 Å². The molecule has 0 spiro atoms. The fourth-order valence-corrected chi connectivity index (χ4v) is 3.87.